The van der Waals surface area contributed by atoms with E-state index >= 15 is 0 Å². The fraction of sp³-hybridized carbons (Fsp3) is 0.300. The Kier molecular flexibility index (Phi) is 3.46. The van der Waals surface area contributed by atoms with Crippen LogP contribution in [0.3, 0.4) is 0 Å². The number of nitrogens with one attached hydrogen (secondary N) is 1. The van der Waals surface area contributed by atoms with E-state index in [1.807, 2.05) is 25.1 Å². The number of nitriles is 2. The third kappa shape index (κ3) is 2.46. The normalized spacial score (nSPS) is 8.79. The van der Waals surface area contributed by atoms with Crippen LogP contribution in [0.4, 0.5) is 5.82 Å². The van der Waals surface area contributed by atoms with Crippen molar-refractivity contribution in [3.05, 3.63) is 23.4 Å². The molecule has 0 aromatic carbocycles. The van der Waals surface area contributed by atoms with Crippen LogP contribution >= 0.6 is 0 Å². The molecule has 4 heteroatoms. The first-order valence-corrected chi connectivity index (χ1v) is 4.26. The molecule has 0 radical (unpaired) electrons. The highest BCUT2D eigenvalue weighted by atomic mass is 15.0. The summed E-state index contributed by atoms with van der Waals surface area (Å²) >= 11 is 0. The Labute approximate surface area is 82.8 Å². The molecule has 0 saturated heterocycles. The smallest absolute Gasteiger partial charge is 0.145 e. The summed E-state index contributed by atoms with van der Waals surface area (Å²) in [6.07, 6.45) is 0.428. The van der Waals surface area contributed by atoms with Crippen molar-refractivity contribution < 1.29 is 0 Å². The Morgan fingerprint density at radius 2 is 2.21 bits per heavy atom. The molecule has 0 saturated carbocycles. The summed E-state index contributed by atoms with van der Waals surface area (Å²) in [5.74, 6) is 0.641. The average molecular weight is 186 g/mol. The molecule has 4 nitrogen and oxygen atoms in total. The van der Waals surface area contributed by atoms with Gasteiger partial charge in [0.15, 0.2) is 0 Å². The molecular weight excluding hydrogens is 176 g/mol. The summed E-state index contributed by atoms with van der Waals surface area (Å²) in [7, 11) is 0. The molecule has 0 bridgehead atoms. The Bertz CT molecular complexity index is 398. The van der Waals surface area contributed by atoms with Crippen LogP contribution in [0.5, 0.6) is 0 Å². The molecule has 1 rings (SSSR count). The van der Waals surface area contributed by atoms with Crippen LogP contribution in [0, 0.1) is 29.6 Å². The van der Waals surface area contributed by atoms with Crippen LogP contribution in [0.25, 0.3) is 0 Å². The maximum atomic E-state index is 8.72. The Hall–Kier alpha value is -2.07. The zero-order chi connectivity index (χ0) is 10.4. The molecular formula is C10H10N4. The van der Waals surface area contributed by atoms with Crippen molar-refractivity contribution in [3.63, 3.8) is 0 Å². The van der Waals surface area contributed by atoms with Gasteiger partial charge in [-0.2, -0.15) is 10.5 Å². The van der Waals surface area contributed by atoms with Gasteiger partial charge < -0.3 is 5.32 Å². The van der Waals surface area contributed by atoms with Gasteiger partial charge in [-0.05, 0) is 18.6 Å². The van der Waals surface area contributed by atoms with Gasteiger partial charge in [-0.15, -0.1) is 0 Å². The number of pyridine rings is 1. The molecule has 0 aliphatic rings. The van der Waals surface area contributed by atoms with E-state index < -0.39 is 0 Å². The number of aromatic nitrogens is 1. The van der Waals surface area contributed by atoms with Crippen molar-refractivity contribution in [1.82, 2.24) is 4.98 Å². The molecule has 70 valence electrons. The van der Waals surface area contributed by atoms with Crippen molar-refractivity contribution in [1.29, 1.82) is 10.5 Å². The number of rotatable bonds is 3. The van der Waals surface area contributed by atoms with Crippen LogP contribution < -0.4 is 5.32 Å². The molecule has 1 aromatic rings. The second-order valence-electron chi connectivity index (χ2n) is 2.81. The minimum atomic E-state index is 0.423. The van der Waals surface area contributed by atoms with Crippen LogP contribution in [0.2, 0.25) is 0 Å². The van der Waals surface area contributed by atoms with Crippen molar-refractivity contribution in [2.45, 2.75) is 13.3 Å². The minimum Gasteiger partial charge on any atom is -0.369 e. The quantitative estimate of drug-likeness (QED) is 0.727. The lowest BCUT2D eigenvalue weighted by Crippen LogP contribution is -2.03. The lowest BCUT2D eigenvalue weighted by Gasteiger charge is -2.03. The predicted octanol–water partition coefficient (Wildman–Crippen LogP) is 1.59. The fourth-order valence-electron chi connectivity index (χ4n) is 0.987. The highest BCUT2D eigenvalue weighted by Crippen LogP contribution is 2.08. The van der Waals surface area contributed by atoms with Gasteiger partial charge >= 0.3 is 0 Å². The summed E-state index contributed by atoms with van der Waals surface area (Å²) in [4.78, 5) is 4.08. The van der Waals surface area contributed by atoms with Crippen LogP contribution in [0.15, 0.2) is 12.1 Å². The first kappa shape index (κ1) is 10.0. The average Bonchev–Trinajstić information content (AvgIpc) is 2.21. The lowest BCUT2D eigenvalue weighted by atomic mass is 10.2. The molecule has 0 spiro atoms. The molecule has 0 unspecified atom stereocenters. The van der Waals surface area contributed by atoms with Crippen LogP contribution in [0.1, 0.15) is 17.7 Å². The summed E-state index contributed by atoms with van der Waals surface area (Å²) in [5.41, 5.74) is 1.28. The van der Waals surface area contributed by atoms with Gasteiger partial charge in [-0.3, -0.25) is 0 Å². The van der Waals surface area contributed by atoms with Crippen LogP contribution in [-0.4, -0.2) is 11.5 Å². The van der Waals surface area contributed by atoms with E-state index in [2.05, 4.69) is 10.3 Å². The SMILES string of the molecule is Cc1ccc(NCCC#N)nc1C#N. The number of nitrogens with zero attached hydrogens (tertiary/aromatic N) is 3. The predicted molar refractivity (Wildman–Crippen MR) is 52.4 cm³/mol. The lowest BCUT2D eigenvalue weighted by molar-refractivity contribution is 1.05. The molecule has 1 aromatic heterocycles. The first-order chi connectivity index (χ1) is 6.77. The maximum absolute atomic E-state index is 8.72. The number of hydrogen-bond donors (Lipinski definition) is 1. The molecule has 0 amide bonds. The Morgan fingerprint density at radius 3 is 2.86 bits per heavy atom. The van der Waals surface area contributed by atoms with E-state index in [-0.39, 0.29) is 0 Å². The minimum absolute atomic E-state index is 0.423. The fourth-order valence-corrected chi connectivity index (χ4v) is 0.987. The van der Waals surface area contributed by atoms with Crippen molar-refractivity contribution in [2.24, 2.45) is 0 Å². The van der Waals surface area contributed by atoms with E-state index in [9.17, 15) is 0 Å². The van der Waals surface area contributed by atoms with E-state index in [1.165, 1.54) is 0 Å². The van der Waals surface area contributed by atoms with Crippen LogP contribution in [-0.2, 0) is 0 Å². The van der Waals surface area contributed by atoms with E-state index in [4.69, 9.17) is 10.5 Å². The highest BCUT2D eigenvalue weighted by molar-refractivity contribution is 5.42. The summed E-state index contributed by atoms with van der Waals surface area (Å²) in [6, 6.07) is 7.67. The number of anilines is 1. The van der Waals surface area contributed by atoms with Crippen molar-refractivity contribution >= 4 is 5.82 Å². The topological polar surface area (TPSA) is 72.5 Å². The molecule has 0 fully saturated rings. The monoisotopic (exact) mass is 186 g/mol. The van der Waals surface area contributed by atoms with Gasteiger partial charge in [-0.25, -0.2) is 4.98 Å². The molecule has 1 N–H and O–H groups in total. The summed E-state index contributed by atoms with van der Waals surface area (Å²) < 4.78 is 0. The Morgan fingerprint density at radius 1 is 1.43 bits per heavy atom. The van der Waals surface area contributed by atoms with Gasteiger partial charge in [0.2, 0.25) is 0 Å². The molecule has 1 heterocycles. The Balaban J connectivity index is 2.72. The van der Waals surface area contributed by atoms with Gasteiger partial charge in [0.05, 0.1) is 12.5 Å². The van der Waals surface area contributed by atoms with Crippen molar-refractivity contribution in [3.8, 4) is 12.1 Å². The van der Waals surface area contributed by atoms with Gasteiger partial charge in [0, 0.05) is 6.54 Å². The molecule has 0 aliphatic heterocycles. The highest BCUT2D eigenvalue weighted by Gasteiger charge is 1.99. The summed E-state index contributed by atoms with van der Waals surface area (Å²) in [6.45, 7) is 2.39. The number of hydrogen-bond acceptors (Lipinski definition) is 4. The van der Waals surface area contributed by atoms with Gasteiger partial charge in [-0.1, -0.05) is 6.07 Å². The number of aryl methyl sites for hydroxylation is 1. The van der Waals surface area contributed by atoms with E-state index in [0.717, 1.165) is 5.56 Å². The second-order valence-corrected chi connectivity index (χ2v) is 2.81. The molecule has 0 aliphatic carbocycles. The standard InChI is InChI=1S/C10H10N4/c1-8-3-4-10(13-6-2-5-11)14-9(8)7-12/h3-4H,2,6H2,1H3,(H,13,14). The van der Waals surface area contributed by atoms with Gasteiger partial charge in [0.25, 0.3) is 0 Å². The maximum Gasteiger partial charge on any atom is 0.145 e. The largest absolute Gasteiger partial charge is 0.369 e. The molecule has 0 atom stereocenters. The van der Waals surface area contributed by atoms with Crippen molar-refractivity contribution in [2.75, 3.05) is 11.9 Å². The summed E-state index contributed by atoms with van der Waals surface area (Å²) in [5, 5.41) is 20.0. The third-order valence-corrected chi connectivity index (χ3v) is 1.75. The second kappa shape index (κ2) is 4.84. The zero-order valence-electron chi connectivity index (χ0n) is 7.91. The molecule has 14 heavy (non-hydrogen) atoms. The zero-order valence-corrected chi connectivity index (χ0v) is 7.91. The first-order valence-electron chi connectivity index (χ1n) is 4.26. The van der Waals surface area contributed by atoms with E-state index in [0.29, 0.717) is 24.5 Å². The van der Waals surface area contributed by atoms with E-state index in [1.54, 1.807) is 6.07 Å². The third-order valence-electron chi connectivity index (χ3n) is 1.75. The van der Waals surface area contributed by atoms with Gasteiger partial charge in [0.1, 0.15) is 17.6 Å².